The van der Waals surface area contributed by atoms with E-state index in [0.29, 0.717) is 12.1 Å². The van der Waals surface area contributed by atoms with Crippen LogP contribution in [-0.4, -0.2) is 42.5 Å². The number of alkyl halides is 2. The Labute approximate surface area is 90.0 Å². The van der Waals surface area contributed by atoms with Gasteiger partial charge in [-0.1, -0.05) is 0 Å². The number of piperidine rings is 1. The largest absolute Gasteiger partial charge is 0.306 e. The standard InChI is InChI=1S/C11H20F2N2/c1-8(11(12)13)14-9-4-6-15-5-2-3-10(15)7-9/h8-11,14H,2-7H2,1H3. The molecule has 0 aliphatic carbocycles. The molecule has 0 bridgehead atoms. The molecule has 2 saturated heterocycles. The molecule has 0 aromatic rings. The number of nitrogens with zero attached hydrogens (tertiary/aromatic N) is 1. The molecule has 0 amide bonds. The van der Waals surface area contributed by atoms with Crippen LogP contribution in [0.5, 0.6) is 0 Å². The molecule has 0 aromatic carbocycles. The van der Waals surface area contributed by atoms with Gasteiger partial charge < -0.3 is 10.2 Å². The maximum Gasteiger partial charge on any atom is 0.253 e. The summed E-state index contributed by atoms with van der Waals surface area (Å²) in [5.41, 5.74) is 0. The molecule has 0 radical (unpaired) electrons. The Hall–Kier alpha value is -0.220. The first-order valence-corrected chi connectivity index (χ1v) is 5.95. The number of fused-ring (bicyclic) bond motifs is 1. The van der Waals surface area contributed by atoms with E-state index < -0.39 is 12.5 Å². The van der Waals surface area contributed by atoms with Crippen LogP contribution in [0.25, 0.3) is 0 Å². The number of rotatable bonds is 3. The molecule has 0 aromatic heterocycles. The highest BCUT2D eigenvalue weighted by molar-refractivity contribution is 4.90. The number of nitrogens with one attached hydrogen (secondary N) is 1. The third-order valence-electron chi connectivity index (χ3n) is 3.70. The van der Waals surface area contributed by atoms with Crippen molar-refractivity contribution in [3.05, 3.63) is 0 Å². The highest BCUT2D eigenvalue weighted by atomic mass is 19.3. The zero-order chi connectivity index (χ0) is 10.8. The lowest BCUT2D eigenvalue weighted by atomic mass is 9.97. The van der Waals surface area contributed by atoms with Gasteiger partial charge in [-0.15, -0.1) is 0 Å². The summed E-state index contributed by atoms with van der Waals surface area (Å²) in [6.07, 6.45) is 2.36. The van der Waals surface area contributed by atoms with Gasteiger partial charge in [-0.3, -0.25) is 0 Å². The zero-order valence-corrected chi connectivity index (χ0v) is 9.26. The minimum atomic E-state index is -2.24. The van der Waals surface area contributed by atoms with E-state index in [9.17, 15) is 8.78 Å². The second kappa shape index (κ2) is 4.74. The predicted molar refractivity (Wildman–Crippen MR) is 56.2 cm³/mol. The normalized spacial score (nSPS) is 34.4. The highest BCUT2D eigenvalue weighted by Gasteiger charge is 2.32. The van der Waals surface area contributed by atoms with E-state index in [-0.39, 0.29) is 0 Å². The fourth-order valence-electron chi connectivity index (χ4n) is 2.82. The second-order valence-electron chi connectivity index (χ2n) is 4.84. The van der Waals surface area contributed by atoms with Crippen molar-refractivity contribution in [2.75, 3.05) is 13.1 Å². The van der Waals surface area contributed by atoms with Crippen LogP contribution in [0.2, 0.25) is 0 Å². The van der Waals surface area contributed by atoms with Crippen LogP contribution in [-0.2, 0) is 0 Å². The average Bonchev–Trinajstić information content (AvgIpc) is 2.64. The second-order valence-corrected chi connectivity index (χ2v) is 4.84. The van der Waals surface area contributed by atoms with E-state index in [1.54, 1.807) is 6.92 Å². The van der Waals surface area contributed by atoms with Crippen molar-refractivity contribution in [2.24, 2.45) is 0 Å². The van der Waals surface area contributed by atoms with Crippen LogP contribution < -0.4 is 5.32 Å². The Morgan fingerprint density at radius 2 is 2.07 bits per heavy atom. The fourth-order valence-corrected chi connectivity index (χ4v) is 2.82. The van der Waals surface area contributed by atoms with Gasteiger partial charge in [0.1, 0.15) is 0 Å². The third kappa shape index (κ3) is 2.67. The first-order chi connectivity index (χ1) is 7.16. The SMILES string of the molecule is CC(NC1CCN2CCCC2C1)C(F)F. The van der Waals surface area contributed by atoms with E-state index in [1.165, 1.54) is 19.4 Å². The molecule has 88 valence electrons. The summed E-state index contributed by atoms with van der Waals surface area (Å²) in [6.45, 7) is 3.87. The molecule has 3 unspecified atom stereocenters. The molecular weight excluding hydrogens is 198 g/mol. The van der Waals surface area contributed by atoms with E-state index in [0.717, 1.165) is 19.4 Å². The van der Waals surface area contributed by atoms with E-state index >= 15 is 0 Å². The lowest BCUT2D eigenvalue weighted by Crippen LogP contribution is -2.49. The number of hydrogen-bond acceptors (Lipinski definition) is 2. The monoisotopic (exact) mass is 218 g/mol. The minimum absolute atomic E-state index is 0.299. The molecule has 2 fully saturated rings. The Morgan fingerprint density at radius 3 is 2.80 bits per heavy atom. The van der Waals surface area contributed by atoms with Gasteiger partial charge in [-0.05, 0) is 45.7 Å². The van der Waals surface area contributed by atoms with Gasteiger partial charge in [0.05, 0.1) is 6.04 Å². The molecule has 2 heterocycles. The van der Waals surface area contributed by atoms with Crippen molar-refractivity contribution in [3.8, 4) is 0 Å². The van der Waals surface area contributed by atoms with Crippen molar-refractivity contribution < 1.29 is 8.78 Å². The molecule has 3 atom stereocenters. The Morgan fingerprint density at radius 1 is 1.27 bits per heavy atom. The third-order valence-corrected chi connectivity index (χ3v) is 3.70. The van der Waals surface area contributed by atoms with Crippen LogP contribution >= 0.6 is 0 Å². The lowest BCUT2D eigenvalue weighted by Gasteiger charge is -2.36. The average molecular weight is 218 g/mol. The maximum absolute atomic E-state index is 12.4. The molecular formula is C11H20F2N2. The van der Waals surface area contributed by atoms with Crippen LogP contribution in [0.15, 0.2) is 0 Å². The molecule has 1 N–H and O–H groups in total. The summed E-state index contributed by atoms with van der Waals surface area (Å²) >= 11 is 0. The summed E-state index contributed by atoms with van der Waals surface area (Å²) < 4.78 is 24.8. The van der Waals surface area contributed by atoms with Crippen LogP contribution in [0.3, 0.4) is 0 Å². The molecule has 0 spiro atoms. The Bertz CT molecular complexity index is 209. The molecule has 4 heteroatoms. The molecule has 0 saturated carbocycles. The number of halogens is 2. The molecule has 2 nitrogen and oxygen atoms in total. The van der Waals surface area contributed by atoms with Gasteiger partial charge in [-0.25, -0.2) is 8.78 Å². The Kier molecular flexibility index (Phi) is 3.57. The lowest BCUT2D eigenvalue weighted by molar-refractivity contribution is 0.0852. The molecule has 2 rings (SSSR count). The molecule has 15 heavy (non-hydrogen) atoms. The highest BCUT2D eigenvalue weighted by Crippen LogP contribution is 2.27. The van der Waals surface area contributed by atoms with Crippen LogP contribution in [0.4, 0.5) is 8.78 Å². The van der Waals surface area contributed by atoms with Gasteiger partial charge in [0, 0.05) is 12.1 Å². The first kappa shape index (κ1) is 11.3. The number of hydrogen-bond donors (Lipinski definition) is 1. The molecule has 2 aliphatic rings. The van der Waals surface area contributed by atoms with Gasteiger partial charge >= 0.3 is 0 Å². The van der Waals surface area contributed by atoms with Crippen LogP contribution in [0.1, 0.15) is 32.6 Å². The van der Waals surface area contributed by atoms with E-state index in [2.05, 4.69) is 10.2 Å². The summed E-state index contributed by atoms with van der Waals surface area (Å²) in [7, 11) is 0. The minimum Gasteiger partial charge on any atom is -0.306 e. The van der Waals surface area contributed by atoms with Crippen molar-refractivity contribution >= 4 is 0 Å². The van der Waals surface area contributed by atoms with Crippen molar-refractivity contribution in [2.45, 2.75) is 57.2 Å². The van der Waals surface area contributed by atoms with Crippen LogP contribution in [0, 0.1) is 0 Å². The van der Waals surface area contributed by atoms with Gasteiger partial charge in [0.25, 0.3) is 6.43 Å². The Balaban J connectivity index is 1.80. The summed E-state index contributed by atoms with van der Waals surface area (Å²) in [5, 5.41) is 3.05. The molecule has 2 aliphatic heterocycles. The van der Waals surface area contributed by atoms with E-state index in [4.69, 9.17) is 0 Å². The van der Waals surface area contributed by atoms with E-state index in [1.807, 2.05) is 0 Å². The smallest absolute Gasteiger partial charge is 0.253 e. The van der Waals surface area contributed by atoms with Gasteiger partial charge in [0.15, 0.2) is 0 Å². The topological polar surface area (TPSA) is 15.3 Å². The first-order valence-electron chi connectivity index (χ1n) is 5.95. The fraction of sp³-hybridized carbons (Fsp3) is 1.00. The summed E-state index contributed by atoms with van der Waals surface area (Å²) in [4.78, 5) is 2.51. The zero-order valence-electron chi connectivity index (χ0n) is 9.26. The van der Waals surface area contributed by atoms with Crippen molar-refractivity contribution in [1.29, 1.82) is 0 Å². The quantitative estimate of drug-likeness (QED) is 0.777. The van der Waals surface area contributed by atoms with Crippen molar-refractivity contribution in [3.63, 3.8) is 0 Å². The van der Waals surface area contributed by atoms with Crippen molar-refractivity contribution in [1.82, 2.24) is 10.2 Å². The maximum atomic E-state index is 12.4. The van der Waals surface area contributed by atoms with Gasteiger partial charge in [0.2, 0.25) is 0 Å². The van der Waals surface area contributed by atoms with Gasteiger partial charge in [-0.2, -0.15) is 0 Å². The summed E-state index contributed by atoms with van der Waals surface area (Å²) in [5.74, 6) is 0. The predicted octanol–water partition coefficient (Wildman–Crippen LogP) is 1.86. The summed E-state index contributed by atoms with van der Waals surface area (Å²) in [6, 6.07) is 0.289.